The molecular formula is C10H8N2O2S. The van der Waals surface area contributed by atoms with Crippen molar-refractivity contribution in [3.8, 4) is 0 Å². The number of hydrogen-bond donors (Lipinski definition) is 1. The lowest BCUT2D eigenvalue weighted by molar-refractivity contribution is 0.101. The molecule has 0 N–H and O–H groups in total. The van der Waals surface area contributed by atoms with Crippen molar-refractivity contribution in [3.63, 3.8) is 0 Å². The van der Waals surface area contributed by atoms with Gasteiger partial charge < -0.3 is 0 Å². The number of pyridine rings is 1. The summed E-state index contributed by atoms with van der Waals surface area (Å²) in [7, 11) is 0. The highest BCUT2D eigenvalue weighted by Gasteiger charge is 2.13. The van der Waals surface area contributed by atoms with E-state index in [0.29, 0.717) is 10.7 Å². The molecule has 2 heterocycles. The van der Waals surface area contributed by atoms with E-state index in [2.05, 4.69) is 17.6 Å². The minimum Gasteiger partial charge on any atom is -0.295 e. The highest BCUT2D eigenvalue weighted by atomic mass is 32.1. The van der Waals surface area contributed by atoms with E-state index >= 15 is 0 Å². The zero-order valence-electron chi connectivity index (χ0n) is 7.97. The second-order valence-electron chi connectivity index (χ2n) is 3.10. The number of fused-ring (bicyclic) bond motifs is 1. The molecule has 0 aliphatic rings. The summed E-state index contributed by atoms with van der Waals surface area (Å²) in [6.45, 7) is 1.33. The van der Waals surface area contributed by atoms with Gasteiger partial charge in [-0.3, -0.25) is 14.0 Å². The van der Waals surface area contributed by atoms with Crippen molar-refractivity contribution in [3.05, 3.63) is 40.3 Å². The number of Topliss-reactive ketones (excluding diaryl/α,β-unsaturated/α-hetero) is 1. The van der Waals surface area contributed by atoms with E-state index in [-0.39, 0.29) is 11.3 Å². The van der Waals surface area contributed by atoms with Crippen LogP contribution in [-0.4, -0.2) is 15.2 Å². The van der Waals surface area contributed by atoms with Gasteiger partial charge in [-0.2, -0.15) is 4.98 Å². The van der Waals surface area contributed by atoms with Crippen molar-refractivity contribution >= 4 is 24.1 Å². The number of carbonyl (C=O) groups excluding carboxylic acids is 1. The standard InChI is InChI=1S/C10H8N2O2S/c1-6(13)8-9(14)11-7-4-2-3-5-12(7)10(8)15/h2-5,15H,1H3. The van der Waals surface area contributed by atoms with E-state index in [9.17, 15) is 9.59 Å². The van der Waals surface area contributed by atoms with Gasteiger partial charge in [-0.1, -0.05) is 6.07 Å². The largest absolute Gasteiger partial charge is 0.295 e. The molecule has 0 aromatic carbocycles. The molecule has 0 bridgehead atoms. The number of ketones is 1. The molecule has 2 aromatic heterocycles. The van der Waals surface area contributed by atoms with Gasteiger partial charge in [0.05, 0.1) is 5.03 Å². The van der Waals surface area contributed by atoms with Gasteiger partial charge in [0.1, 0.15) is 11.2 Å². The number of hydrogen-bond acceptors (Lipinski definition) is 4. The van der Waals surface area contributed by atoms with Gasteiger partial charge in [-0.25, -0.2) is 0 Å². The monoisotopic (exact) mass is 220 g/mol. The van der Waals surface area contributed by atoms with Gasteiger partial charge in [-0.15, -0.1) is 12.6 Å². The Morgan fingerprint density at radius 3 is 2.87 bits per heavy atom. The summed E-state index contributed by atoms with van der Waals surface area (Å²) in [4.78, 5) is 26.5. The van der Waals surface area contributed by atoms with Crippen LogP contribution in [0.5, 0.6) is 0 Å². The summed E-state index contributed by atoms with van der Waals surface area (Å²) < 4.78 is 1.60. The van der Waals surface area contributed by atoms with Crippen LogP contribution in [0.3, 0.4) is 0 Å². The Bertz CT molecular complexity index is 604. The van der Waals surface area contributed by atoms with E-state index < -0.39 is 5.56 Å². The Balaban J connectivity index is 2.97. The predicted octanol–water partition coefficient (Wildman–Crippen LogP) is 1.19. The van der Waals surface area contributed by atoms with Gasteiger partial charge in [-0.05, 0) is 19.1 Å². The van der Waals surface area contributed by atoms with Crippen LogP contribution in [-0.2, 0) is 0 Å². The molecule has 0 aliphatic heterocycles. The Morgan fingerprint density at radius 2 is 2.20 bits per heavy atom. The van der Waals surface area contributed by atoms with Crippen LogP contribution in [0.25, 0.3) is 5.65 Å². The summed E-state index contributed by atoms with van der Waals surface area (Å²) >= 11 is 4.18. The fourth-order valence-electron chi connectivity index (χ4n) is 1.39. The molecule has 0 fully saturated rings. The molecule has 76 valence electrons. The van der Waals surface area contributed by atoms with Crippen molar-refractivity contribution in [1.82, 2.24) is 9.38 Å². The van der Waals surface area contributed by atoms with Crippen LogP contribution >= 0.6 is 12.6 Å². The number of rotatable bonds is 1. The van der Waals surface area contributed by atoms with E-state index in [1.807, 2.05) is 0 Å². The number of nitrogens with zero attached hydrogens (tertiary/aromatic N) is 2. The lowest BCUT2D eigenvalue weighted by Gasteiger charge is -2.05. The van der Waals surface area contributed by atoms with Crippen molar-refractivity contribution < 1.29 is 4.79 Å². The summed E-state index contributed by atoms with van der Waals surface area (Å²) in [6, 6.07) is 5.23. The van der Waals surface area contributed by atoms with Crippen LogP contribution in [0.4, 0.5) is 0 Å². The maximum atomic E-state index is 11.5. The molecule has 2 aromatic rings. The quantitative estimate of drug-likeness (QED) is 0.446. The lowest BCUT2D eigenvalue weighted by atomic mass is 10.2. The number of aromatic nitrogens is 2. The highest BCUT2D eigenvalue weighted by molar-refractivity contribution is 7.80. The molecule has 2 rings (SSSR count). The van der Waals surface area contributed by atoms with E-state index in [1.165, 1.54) is 6.92 Å². The van der Waals surface area contributed by atoms with Gasteiger partial charge in [0.25, 0.3) is 5.56 Å². The third-order valence-electron chi connectivity index (χ3n) is 2.07. The van der Waals surface area contributed by atoms with Crippen LogP contribution in [0, 0.1) is 0 Å². The topological polar surface area (TPSA) is 51.4 Å². The molecule has 0 saturated carbocycles. The first-order chi connectivity index (χ1) is 7.11. The fourth-order valence-corrected chi connectivity index (χ4v) is 1.81. The number of thiol groups is 1. The molecule has 0 saturated heterocycles. The van der Waals surface area contributed by atoms with Gasteiger partial charge >= 0.3 is 0 Å². The predicted molar refractivity (Wildman–Crippen MR) is 58.7 cm³/mol. The average Bonchev–Trinajstić information content (AvgIpc) is 2.17. The third kappa shape index (κ3) is 1.55. The maximum absolute atomic E-state index is 11.5. The highest BCUT2D eigenvalue weighted by Crippen LogP contribution is 2.11. The van der Waals surface area contributed by atoms with Gasteiger partial charge in [0.15, 0.2) is 5.78 Å². The van der Waals surface area contributed by atoms with Crippen molar-refractivity contribution in [2.45, 2.75) is 11.9 Å². The zero-order chi connectivity index (χ0) is 11.0. The van der Waals surface area contributed by atoms with Crippen LogP contribution < -0.4 is 5.56 Å². The molecule has 15 heavy (non-hydrogen) atoms. The average molecular weight is 220 g/mol. The van der Waals surface area contributed by atoms with Crippen molar-refractivity contribution in [1.29, 1.82) is 0 Å². The Kier molecular flexibility index (Phi) is 2.32. The fraction of sp³-hybridized carbons (Fsp3) is 0.100. The van der Waals surface area contributed by atoms with Crippen LogP contribution in [0.2, 0.25) is 0 Å². The number of carbonyl (C=O) groups is 1. The first kappa shape index (κ1) is 9.92. The molecule has 0 aliphatic carbocycles. The second kappa shape index (κ2) is 3.51. The molecule has 0 amide bonds. The minimum atomic E-state index is -0.529. The SMILES string of the molecule is CC(=O)c1c(S)n2ccccc2nc1=O. The molecule has 4 nitrogen and oxygen atoms in total. The lowest BCUT2D eigenvalue weighted by Crippen LogP contribution is -2.20. The normalized spacial score (nSPS) is 10.5. The second-order valence-corrected chi connectivity index (χ2v) is 3.52. The van der Waals surface area contributed by atoms with Gasteiger partial charge in [0, 0.05) is 6.20 Å². The summed E-state index contributed by atoms with van der Waals surface area (Å²) in [5, 5.41) is 0.332. The molecule has 0 atom stereocenters. The van der Waals surface area contributed by atoms with Crippen LogP contribution in [0.15, 0.2) is 34.2 Å². The Hall–Kier alpha value is -1.62. The van der Waals surface area contributed by atoms with Gasteiger partial charge in [0.2, 0.25) is 0 Å². The van der Waals surface area contributed by atoms with E-state index in [4.69, 9.17) is 0 Å². The minimum absolute atomic E-state index is 0.0297. The van der Waals surface area contributed by atoms with E-state index in [0.717, 1.165) is 0 Å². The van der Waals surface area contributed by atoms with E-state index in [1.54, 1.807) is 28.8 Å². The summed E-state index contributed by atoms with van der Waals surface area (Å²) in [5.74, 6) is -0.323. The molecular weight excluding hydrogens is 212 g/mol. The molecule has 0 unspecified atom stereocenters. The summed E-state index contributed by atoms with van der Waals surface area (Å²) in [5.41, 5.74) is -0.0155. The van der Waals surface area contributed by atoms with Crippen molar-refractivity contribution in [2.75, 3.05) is 0 Å². The molecule has 5 heteroatoms. The third-order valence-corrected chi connectivity index (χ3v) is 2.51. The molecule has 0 radical (unpaired) electrons. The van der Waals surface area contributed by atoms with Crippen LogP contribution in [0.1, 0.15) is 17.3 Å². The zero-order valence-corrected chi connectivity index (χ0v) is 8.86. The smallest absolute Gasteiger partial charge is 0.285 e. The Morgan fingerprint density at radius 1 is 1.47 bits per heavy atom. The molecule has 0 spiro atoms. The summed E-state index contributed by atoms with van der Waals surface area (Å²) in [6.07, 6.45) is 1.70. The first-order valence-corrected chi connectivity index (χ1v) is 4.77. The first-order valence-electron chi connectivity index (χ1n) is 4.32. The Labute approximate surface area is 91.0 Å². The maximum Gasteiger partial charge on any atom is 0.285 e. The van der Waals surface area contributed by atoms with Crippen molar-refractivity contribution in [2.24, 2.45) is 0 Å².